The van der Waals surface area contributed by atoms with Gasteiger partial charge in [-0.2, -0.15) is 0 Å². The van der Waals surface area contributed by atoms with E-state index in [1.54, 1.807) is 18.2 Å². The van der Waals surface area contributed by atoms with E-state index in [4.69, 9.17) is 14.6 Å². The maximum Gasteiger partial charge on any atom is 0.329 e. The SMILES string of the molecule is O=C(O)[C@H]1CSC(c2nc3ccc(O[C@@H]4OC(CO)[C@H](O)[C@H](O)C4O)cc3s2)=N1. The van der Waals surface area contributed by atoms with Crippen molar-refractivity contribution < 1.29 is 39.8 Å². The summed E-state index contributed by atoms with van der Waals surface area (Å²) in [7, 11) is 0. The van der Waals surface area contributed by atoms with Crippen LogP contribution in [0.15, 0.2) is 23.2 Å². The number of carboxylic acid groups (broad SMARTS) is 1. The van der Waals surface area contributed by atoms with E-state index < -0.39 is 49.3 Å². The second kappa shape index (κ2) is 8.14. The minimum Gasteiger partial charge on any atom is -0.480 e. The van der Waals surface area contributed by atoms with Gasteiger partial charge in [0.1, 0.15) is 40.2 Å². The maximum absolute atomic E-state index is 11.1. The number of thioether (sulfide) groups is 1. The number of aromatic nitrogens is 1. The van der Waals surface area contributed by atoms with E-state index in [1.807, 2.05) is 0 Å². The zero-order valence-electron chi connectivity index (χ0n) is 14.8. The topological polar surface area (TPSA) is 162 Å². The monoisotopic (exact) mass is 442 g/mol. The first-order chi connectivity index (χ1) is 13.9. The Hall–Kier alpha value is -1.80. The van der Waals surface area contributed by atoms with Crippen LogP contribution in [0.4, 0.5) is 0 Å². The van der Waals surface area contributed by atoms with Crippen molar-refractivity contribution in [3.05, 3.63) is 23.2 Å². The summed E-state index contributed by atoms with van der Waals surface area (Å²) in [6, 6.07) is 4.21. The molecule has 5 N–H and O–H groups in total. The molecule has 2 aliphatic heterocycles. The average molecular weight is 442 g/mol. The van der Waals surface area contributed by atoms with Crippen molar-refractivity contribution in [2.75, 3.05) is 12.4 Å². The number of aliphatic hydroxyl groups excluding tert-OH is 4. The summed E-state index contributed by atoms with van der Waals surface area (Å²) < 4.78 is 11.7. The molecule has 3 heterocycles. The van der Waals surface area contributed by atoms with Gasteiger partial charge in [-0.1, -0.05) is 0 Å². The first kappa shape index (κ1) is 20.5. The van der Waals surface area contributed by atoms with E-state index >= 15 is 0 Å². The van der Waals surface area contributed by atoms with E-state index in [1.165, 1.54) is 23.1 Å². The lowest BCUT2D eigenvalue weighted by Gasteiger charge is -2.39. The molecule has 2 aliphatic rings. The van der Waals surface area contributed by atoms with Crippen molar-refractivity contribution >= 4 is 44.3 Å². The van der Waals surface area contributed by atoms with Gasteiger partial charge in [-0.05, 0) is 18.2 Å². The second-order valence-electron chi connectivity index (χ2n) is 6.56. The average Bonchev–Trinajstić information content (AvgIpc) is 3.35. The number of aliphatic imine (C=N–C) groups is 1. The third-order valence-electron chi connectivity index (χ3n) is 4.58. The van der Waals surface area contributed by atoms with E-state index in [2.05, 4.69) is 9.98 Å². The summed E-state index contributed by atoms with van der Waals surface area (Å²) in [5.41, 5.74) is 0.674. The Labute approximate surface area is 172 Å². The number of carbonyl (C=O) groups is 1. The fraction of sp³-hybridized carbons (Fsp3) is 0.471. The number of thiazole rings is 1. The van der Waals surface area contributed by atoms with Gasteiger partial charge in [0.25, 0.3) is 0 Å². The van der Waals surface area contributed by atoms with Gasteiger partial charge >= 0.3 is 5.97 Å². The highest BCUT2D eigenvalue weighted by molar-refractivity contribution is 8.15. The number of carboxylic acids is 1. The largest absolute Gasteiger partial charge is 0.480 e. The molecule has 0 bridgehead atoms. The minimum absolute atomic E-state index is 0.335. The van der Waals surface area contributed by atoms with Crippen LogP contribution in [0.5, 0.6) is 5.75 Å². The molecule has 0 radical (unpaired) electrons. The molecule has 1 saturated heterocycles. The molecule has 1 aromatic heterocycles. The Balaban J connectivity index is 1.54. The van der Waals surface area contributed by atoms with Crippen LogP contribution in [-0.2, 0) is 9.53 Å². The summed E-state index contributed by atoms with van der Waals surface area (Å²) in [4.78, 5) is 19.7. The Morgan fingerprint density at radius 3 is 2.72 bits per heavy atom. The highest BCUT2D eigenvalue weighted by Crippen LogP contribution is 2.32. The molecule has 6 atom stereocenters. The lowest BCUT2D eigenvalue weighted by molar-refractivity contribution is -0.277. The summed E-state index contributed by atoms with van der Waals surface area (Å²) >= 11 is 2.66. The molecular formula is C17H18N2O8S2. The third-order valence-corrected chi connectivity index (χ3v) is 6.79. The Morgan fingerprint density at radius 1 is 1.24 bits per heavy atom. The molecular weight excluding hydrogens is 424 g/mol. The first-order valence-corrected chi connectivity index (χ1v) is 10.5. The number of ether oxygens (including phenoxy) is 2. The molecule has 2 unspecified atom stereocenters. The molecule has 29 heavy (non-hydrogen) atoms. The van der Waals surface area contributed by atoms with Gasteiger partial charge in [0.2, 0.25) is 6.29 Å². The summed E-state index contributed by atoms with van der Waals surface area (Å²) in [6.07, 6.45) is -6.82. The Morgan fingerprint density at radius 2 is 2.03 bits per heavy atom. The molecule has 0 amide bonds. The van der Waals surface area contributed by atoms with Crippen molar-refractivity contribution in [3.8, 4) is 5.75 Å². The second-order valence-corrected chi connectivity index (χ2v) is 8.60. The van der Waals surface area contributed by atoms with Gasteiger partial charge in [0.15, 0.2) is 6.04 Å². The van der Waals surface area contributed by atoms with Crippen molar-refractivity contribution in [3.63, 3.8) is 0 Å². The third kappa shape index (κ3) is 3.97. The minimum atomic E-state index is -1.52. The normalized spacial score (nSPS) is 32.3. The lowest BCUT2D eigenvalue weighted by atomic mass is 9.99. The van der Waals surface area contributed by atoms with Gasteiger partial charge in [-0.3, -0.25) is 4.99 Å². The predicted molar refractivity (Wildman–Crippen MR) is 104 cm³/mol. The van der Waals surface area contributed by atoms with E-state index in [0.29, 0.717) is 27.1 Å². The predicted octanol–water partition coefficient (Wildman–Crippen LogP) is -0.578. The molecule has 0 saturated carbocycles. The number of fused-ring (bicyclic) bond motifs is 1. The molecule has 0 aliphatic carbocycles. The van der Waals surface area contributed by atoms with E-state index in [-0.39, 0.29) is 0 Å². The van der Waals surface area contributed by atoms with Gasteiger partial charge in [0.05, 0.1) is 16.8 Å². The van der Waals surface area contributed by atoms with Gasteiger partial charge in [0, 0.05) is 5.75 Å². The fourth-order valence-corrected chi connectivity index (χ4v) is 5.08. The number of hydrogen-bond acceptors (Lipinski definition) is 11. The summed E-state index contributed by atoms with van der Waals surface area (Å²) in [5, 5.41) is 49.3. The van der Waals surface area contributed by atoms with Crippen molar-refractivity contribution in [1.29, 1.82) is 0 Å². The lowest BCUT2D eigenvalue weighted by Crippen LogP contribution is -2.60. The van der Waals surface area contributed by atoms with Crippen LogP contribution in [0.1, 0.15) is 5.01 Å². The molecule has 4 rings (SSSR count). The number of hydrogen-bond donors (Lipinski definition) is 5. The fourth-order valence-electron chi connectivity index (χ4n) is 2.99. The van der Waals surface area contributed by atoms with E-state index in [0.717, 1.165) is 4.70 Å². The van der Waals surface area contributed by atoms with Crippen LogP contribution in [0, 0.1) is 0 Å². The van der Waals surface area contributed by atoms with Crippen LogP contribution in [0.25, 0.3) is 10.2 Å². The highest BCUT2D eigenvalue weighted by Gasteiger charge is 2.44. The Bertz CT molecular complexity index is 949. The van der Waals surface area contributed by atoms with Crippen molar-refractivity contribution in [2.24, 2.45) is 4.99 Å². The van der Waals surface area contributed by atoms with Gasteiger partial charge in [-0.25, -0.2) is 9.78 Å². The molecule has 156 valence electrons. The Kier molecular flexibility index (Phi) is 5.75. The zero-order chi connectivity index (χ0) is 20.7. The first-order valence-electron chi connectivity index (χ1n) is 8.69. The quantitative estimate of drug-likeness (QED) is 0.405. The van der Waals surface area contributed by atoms with Crippen LogP contribution >= 0.6 is 23.1 Å². The number of nitrogens with zero attached hydrogens (tertiary/aromatic N) is 2. The highest BCUT2D eigenvalue weighted by atomic mass is 32.2. The van der Waals surface area contributed by atoms with Crippen molar-refractivity contribution in [1.82, 2.24) is 4.98 Å². The molecule has 2 aromatic rings. The molecule has 1 aromatic carbocycles. The summed E-state index contributed by atoms with van der Waals surface area (Å²) in [6.45, 7) is -0.542. The maximum atomic E-state index is 11.1. The molecule has 1 fully saturated rings. The number of aliphatic carboxylic acids is 1. The van der Waals surface area contributed by atoms with Gasteiger partial charge in [-0.15, -0.1) is 23.1 Å². The summed E-state index contributed by atoms with van der Waals surface area (Å²) in [5.74, 6) is -0.267. The van der Waals surface area contributed by atoms with Gasteiger partial charge < -0.3 is 35.0 Å². The van der Waals surface area contributed by atoms with Crippen LogP contribution in [-0.4, -0.2) is 90.6 Å². The van der Waals surface area contributed by atoms with Crippen LogP contribution in [0.3, 0.4) is 0 Å². The van der Waals surface area contributed by atoms with E-state index in [9.17, 15) is 25.2 Å². The number of benzene rings is 1. The smallest absolute Gasteiger partial charge is 0.329 e. The molecule has 12 heteroatoms. The molecule has 0 spiro atoms. The number of rotatable bonds is 5. The zero-order valence-corrected chi connectivity index (χ0v) is 16.4. The van der Waals surface area contributed by atoms with Crippen LogP contribution < -0.4 is 4.74 Å². The standard InChI is InChI=1S/C17H18N2O8S2/c20-4-9-11(21)12(22)13(23)17(27-9)26-6-1-2-7-10(3-6)29-15(18-7)14-19-8(5-28-14)16(24)25/h1-3,8-9,11-13,17,20-23H,4-5H2,(H,24,25)/t8-,9?,11+,12+,13?,17-/m1/s1. The van der Waals surface area contributed by atoms with Crippen molar-refractivity contribution in [2.45, 2.75) is 36.7 Å². The molecule has 10 nitrogen and oxygen atoms in total. The van der Waals surface area contributed by atoms with Crippen LogP contribution in [0.2, 0.25) is 0 Å². The number of aliphatic hydroxyl groups is 4.